The maximum atomic E-state index is 10.1. The zero-order valence-corrected chi connectivity index (χ0v) is 8.09. The van der Waals surface area contributed by atoms with E-state index in [1.165, 1.54) is 38.6 Å². The summed E-state index contributed by atoms with van der Waals surface area (Å²) in [5.41, 5.74) is 0.572. The van der Waals surface area contributed by atoms with Crippen LogP contribution in [0.2, 0.25) is 0 Å². The van der Waals surface area contributed by atoms with Crippen LogP contribution < -0.4 is 5.32 Å². The van der Waals surface area contributed by atoms with Crippen LogP contribution in [0.4, 0.5) is 0 Å². The van der Waals surface area contributed by atoms with Crippen molar-refractivity contribution in [1.29, 1.82) is 0 Å². The molecule has 1 saturated carbocycles. The smallest absolute Gasteiger partial charge is 0.207 e. The molecular formula is C10H18N2O. The van der Waals surface area contributed by atoms with E-state index in [2.05, 4.69) is 10.2 Å². The van der Waals surface area contributed by atoms with E-state index in [4.69, 9.17) is 0 Å². The van der Waals surface area contributed by atoms with Crippen LogP contribution in [0.3, 0.4) is 0 Å². The largest absolute Gasteiger partial charge is 0.357 e. The summed E-state index contributed by atoms with van der Waals surface area (Å²) in [6.45, 7) is 3.09. The van der Waals surface area contributed by atoms with Crippen molar-refractivity contribution >= 4 is 6.41 Å². The van der Waals surface area contributed by atoms with Crippen molar-refractivity contribution in [2.75, 3.05) is 19.6 Å². The van der Waals surface area contributed by atoms with E-state index in [0.717, 1.165) is 19.5 Å². The minimum atomic E-state index is 0.572. The van der Waals surface area contributed by atoms with Crippen molar-refractivity contribution in [3.05, 3.63) is 0 Å². The molecule has 0 aromatic heterocycles. The minimum Gasteiger partial charge on any atom is -0.357 e. The van der Waals surface area contributed by atoms with Gasteiger partial charge in [-0.25, -0.2) is 0 Å². The van der Waals surface area contributed by atoms with E-state index < -0.39 is 0 Å². The second-order valence-corrected chi connectivity index (χ2v) is 4.24. The molecule has 1 spiro atoms. The highest BCUT2D eigenvalue weighted by Crippen LogP contribution is 2.47. The monoisotopic (exact) mass is 182 g/mol. The molecule has 1 aliphatic heterocycles. The Kier molecular flexibility index (Phi) is 2.54. The molecule has 13 heavy (non-hydrogen) atoms. The molecule has 0 unspecified atom stereocenters. The van der Waals surface area contributed by atoms with Crippen LogP contribution in [0.15, 0.2) is 0 Å². The molecule has 2 rings (SSSR count). The van der Waals surface area contributed by atoms with Gasteiger partial charge in [0, 0.05) is 18.6 Å². The normalized spacial score (nSPS) is 25.8. The predicted molar refractivity (Wildman–Crippen MR) is 51.5 cm³/mol. The number of hydrogen-bond donors (Lipinski definition) is 1. The molecule has 74 valence electrons. The average molecular weight is 182 g/mol. The maximum Gasteiger partial charge on any atom is 0.207 e. The van der Waals surface area contributed by atoms with Gasteiger partial charge in [0.1, 0.15) is 0 Å². The van der Waals surface area contributed by atoms with E-state index in [-0.39, 0.29) is 0 Å². The molecule has 1 aliphatic carbocycles. The van der Waals surface area contributed by atoms with Crippen molar-refractivity contribution in [2.24, 2.45) is 0 Å². The first kappa shape index (κ1) is 9.00. The molecule has 1 heterocycles. The third kappa shape index (κ3) is 1.85. The molecule has 1 saturated heterocycles. The van der Waals surface area contributed by atoms with E-state index in [9.17, 15) is 4.79 Å². The summed E-state index contributed by atoms with van der Waals surface area (Å²) in [7, 11) is 0. The Hall–Kier alpha value is -0.570. The number of carbonyl (C=O) groups is 1. The second-order valence-electron chi connectivity index (χ2n) is 4.24. The average Bonchev–Trinajstić information content (AvgIpc) is 2.90. The fraction of sp³-hybridized carbons (Fsp3) is 0.900. The summed E-state index contributed by atoms with van der Waals surface area (Å²) in [4.78, 5) is 12.7. The summed E-state index contributed by atoms with van der Waals surface area (Å²) >= 11 is 0. The van der Waals surface area contributed by atoms with Crippen LogP contribution in [0.1, 0.15) is 32.1 Å². The maximum absolute atomic E-state index is 10.1. The van der Waals surface area contributed by atoms with Gasteiger partial charge in [0.15, 0.2) is 0 Å². The number of nitrogens with zero attached hydrogens (tertiary/aromatic N) is 1. The summed E-state index contributed by atoms with van der Waals surface area (Å²) in [5, 5.41) is 2.74. The number of nitrogens with one attached hydrogen (secondary N) is 1. The van der Waals surface area contributed by atoms with Crippen LogP contribution in [0, 0.1) is 0 Å². The van der Waals surface area contributed by atoms with Gasteiger partial charge in [-0.3, -0.25) is 9.69 Å². The van der Waals surface area contributed by atoms with Crippen LogP contribution >= 0.6 is 0 Å². The van der Waals surface area contributed by atoms with Crippen molar-refractivity contribution in [3.63, 3.8) is 0 Å². The predicted octanol–water partition coefficient (Wildman–Crippen LogP) is 0.751. The molecular weight excluding hydrogens is 164 g/mol. The molecule has 3 nitrogen and oxygen atoms in total. The van der Waals surface area contributed by atoms with Crippen LogP contribution in [0.5, 0.6) is 0 Å². The van der Waals surface area contributed by atoms with Crippen molar-refractivity contribution < 1.29 is 4.79 Å². The molecule has 1 N–H and O–H groups in total. The Bertz CT molecular complexity index is 189. The molecule has 0 aromatic rings. The zero-order valence-electron chi connectivity index (χ0n) is 8.09. The van der Waals surface area contributed by atoms with Gasteiger partial charge in [-0.05, 0) is 32.2 Å². The number of likely N-dealkylation sites (tertiary alicyclic amines) is 1. The molecule has 2 aliphatic rings. The Labute approximate surface area is 79.5 Å². The highest BCUT2D eigenvalue weighted by molar-refractivity contribution is 5.45. The van der Waals surface area contributed by atoms with Crippen LogP contribution in [0.25, 0.3) is 0 Å². The van der Waals surface area contributed by atoms with Gasteiger partial charge in [0.05, 0.1) is 0 Å². The highest BCUT2D eigenvalue weighted by atomic mass is 16.1. The van der Waals surface area contributed by atoms with Gasteiger partial charge in [-0.2, -0.15) is 0 Å². The van der Waals surface area contributed by atoms with Crippen molar-refractivity contribution in [1.82, 2.24) is 10.2 Å². The third-order valence-corrected chi connectivity index (χ3v) is 3.43. The lowest BCUT2D eigenvalue weighted by atomic mass is 10.0. The van der Waals surface area contributed by atoms with E-state index >= 15 is 0 Å². The number of piperidine rings is 1. The molecule has 2 fully saturated rings. The van der Waals surface area contributed by atoms with Gasteiger partial charge in [-0.1, -0.05) is 6.42 Å². The lowest BCUT2D eigenvalue weighted by molar-refractivity contribution is -0.109. The molecule has 1 amide bonds. The van der Waals surface area contributed by atoms with Crippen molar-refractivity contribution in [2.45, 2.75) is 37.6 Å². The minimum absolute atomic E-state index is 0.572. The standard InChI is InChI=1S/C10H18N2O/c13-9-11-6-8-12-7-2-1-3-10(12)4-5-10/h9H,1-8H2,(H,11,13). The van der Waals surface area contributed by atoms with Crippen molar-refractivity contribution in [3.8, 4) is 0 Å². The highest BCUT2D eigenvalue weighted by Gasteiger charge is 2.48. The first-order chi connectivity index (χ1) is 6.37. The lowest BCUT2D eigenvalue weighted by Crippen LogP contribution is -2.44. The number of amides is 1. The number of hydrogen-bond acceptors (Lipinski definition) is 2. The second kappa shape index (κ2) is 3.66. The lowest BCUT2D eigenvalue weighted by Gasteiger charge is -2.36. The Morgan fingerprint density at radius 2 is 2.15 bits per heavy atom. The SMILES string of the molecule is O=CNCCN1CCCCC12CC2. The molecule has 0 bridgehead atoms. The fourth-order valence-corrected chi connectivity index (χ4v) is 2.47. The van der Waals surface area contributed by atoms with E-state index in [0.29, 0.717) is 5.54 Å². The Morgan fingerprint density at radius 3 is 2.85 bits per heavy atom. The van der Waals surface area contributed by atoms with Crippen LogP contribution in [-0.2, 0) is 4.79 Å². The van der Waals surface area contributed by atoms with Gasteiger partial charge in [0.2, 0.25) is 6.41 Å². The Morgan fingerprint density at radius 1 is 1.31 bits per heavy atom. The van der Waals surface area contributed by atoms with E-state index in [1.807, 2.05) is 0 Å². The topological polar surface area (TPSA) is 32.3 Å². The first-order valence-corrected chi connectivity index (χ1v) is 5.29. The molecule has 0 aromatic carbocycles. The number of rotatable bonds is 4. The van der Waals surface area contributed by atoms with Gasteiger partial charge in [0.25, 0.3) is 0 Å². The van der Waals surface area contributed by atoms with Gasteiger partial charge >= 0.3 is 0 Å². The molecule has 0 radical (unpaired) electrons. The van der Waals surface area contributed by atoms with E-state index in [1.54, 1.807) is 0 Å². The van der Waals surface area contributed by atoms with Crippen LogP contribution in [-0.4, -0.2) is 36.5 Å². The summed E-state index contributed by atoms with van der Waals surface area (Å²) in [6, 6.07) is 0. The van der Waals surface area contributed by atoms with Gasteiger partial charge < -0.3 is 5.32 Å². The number of carbonyl (C=O) groups excluding carboxylic acids is 1. The summed E-state index contributed by atoms with van der Waals surface area (Å²) in [6.07, 6.45) is 7.68. The van der Waals surface area contributed by atoms with Gasteiger partial charge in [-0.15, -0.1) is 0 Å². The third-order valence-electron chi connectivity index (χ3n) is 3.43. The zero-order chi connectivity index (χ0) is 9.15. The quantitative estimate of drug-likeness (QED) is 0.514. The molecule has 0 atom stereocenters. The molecule has 3 heteroatoms. The first-order valence-electron chi connectivity index (χ1n) is 5.29. The fourth-order valence-electron chi connectivity index (χ4n) is 2.47. The summed E-state index contributed by atoms with van der Waals surface area (Å²) < 4.78 is 0. The Balaban J connectivity index is 1.79. The summed E-state index contributed by atoms with van der Waals surface area (Å²) in [5.74, 6) is 0.